The molecule has 0 radical (unpaired) electrons. The Morgan fingerprint density at radius 1 is 1.33 bits per heavy atom. The first kappa shape index (κ1) is 15.1. The molecule has 21 heavy (non-hydrogen) atoms. The van der Waals surface area contributed by atoms with E-state index in [1.807, 2.05) is 25.2 Å². The summed E-state index contributed by atoms with van der Waals surface area (Å²) in [4.78, 5) is 14.3. The van der Waals surface area contributed by atoms with E-state index in [0.29, 0.717) is 18.5 Å². The van der Waals surface area contributed by atoms with E-state index in [4.69, 9.17) is 10.9 Å². The van der Waals surface area contributed by atoms with Gasteiger partial charge >= 0.3 is 6.03 Å². The van der Waals surface area contributed by atoms with Crippen molar-refractivity contribution in [3.63, 3.8) is 0 Å². The lowest BCUT2D eigenvalue weighted by molar-refractivity contribution is 0.194. The van der Waals surface area contributed by atoms with Crippen LogP contribution < -0.4 is 16.4 Å². The minimum Gasteiger partial charge on any atom is -0.409 e. The highest BCUT2D eigenvalue weighted by atomic mass is 16.4. The molecule has 0 saturated carbocycles. The highest BCUT2D eigenvalue weighted by molar-refractivity contribution is 5.97. The van der Waals surface area contributed by atoms with E-state index in [2.05, 4.69) is 20.7 Å². The molecule has 1 aromatic carbocycles. The van der Waals surface area contributed by atoms with Crippen LogP contribution in [0.3, 0.4) is 0 Å². The average molecular weight is 291 g/mol. The normalized spacial score (nSPS) is 19.0. The molecule has 0 aliphatic carbocycles. The van der Waals surface area contributed by atoms with Gasteiger partial charge in [0.1, 0.15) is 5.54 Å². The molecule has 5 N–H and O–H groups in total. The van der Waals surface area contributed by atoms with Gasteiger partial charge in [0.25, 0.3) is 0 Å². The summed E-state index contributed by atoms with van der Waals surface area (Å²) >= 11 is 0. The maximum atomic E-state index is 12.2. The summed E-state index contributed by atoms with van der Waals surface area (Å²) in [6.07, 6.45) is 1.20. The molecule has 1 saturated heterocycles. The minimum absolute atomic E-state index is 0.0406. The highest BCUT2D eigenvalue weighted by Gasteiger charge is 2.39. The summed E-state index contributed by atoms with van der Waals surface area (Å²) in [5.41, 5.74) is 5.70. The number of oxime groups is 1. The van der Waals surface area contributed by atoms with Gasteiger partial charge in [-0.05, 0) is 32.0 Å². The Labute approximate surface area is 123 Å². The Morgan fingerprint density at radius 3 is 2.52 bits per heavy atom. The van der Waals surface area contributed by atoms with Crippen molar-refractivity contribution >= 4 is 17.6 Å². The number of benzene rings is 1. The Balaban J connectivity index is 2.07. The number of anilines is 1. The van der Waals surface area contributed by atoms with Crippen molar-refractivity contribution in [2.75, 3.05) is 25.5 Å². The molecule has 2 rings (SSSR count). The molecule has 1 aliphatic heterocycles. The lowest BCUT2D eigenvalue weighted by atomic mass is 9.86. The number of hydrogen-bond acceptors (Lipinski definition) is 4. The van der Waals surface area contributed by atoms with E-state index in [1.54, 1.807) is 12.1 Å². The van der Waals surface area contributed by atoms with Gasteiger partial charge in [-0.2, -0.15) is 0 Å². The monoisotopic (exact) mass is 291 g/mol. The number of hydrogen-bond donors (Lipinski definition) is 4. The highest BCUT2D eigenvalue weighted by Crippen LogP contribution is 2.22. The first-order valence-electron chi connectivity index (χ1n) is 6.86. The van der Waals surface area contributed by atoms with Crippen LogP contribution in [0, 0.1) is 0 Å². The Kier molecular flexibility index (Phi) is 4.64. The second-order valence-electron chi connectivity index (χ2n) is 5.32. The predicted molar refractivity (Wildman–Crippen MR) is 81.5 cm³/mol. The molecule has 2 amide bonds. The van der Waals surface area contributed by atoms with E-state index in [0.717, 1.165) is 13.1 Å². The molecule has 0 aromatic heterocycles. The third-order valence-corrected chi connectivity index (χ3v) is 3.82. The van der Waals surface area contributed by atoms with E-state index >= 15 is 0 Å². The van der Waals surface area contributed by atoms with Crippen molar-refractivity contribution in [1.82, 2.24) is 10.2 Å². The van der Waals surface area contributed by atoms with Crippen LogP contribution in [0.25, 0.3) is 0 Å². The number of likely N-dealkylation sites (tertiary alicyclic amines) is 1. The van der Waals surface area contributed by atoms with Crippen LogP contribution in [-0.4, -0.2) is 47.7 Å². The SMILES string of the molecule is CN1CCC(NC(=O)Nc2ccccc2)(/C(N)=N/O)CC1. The third kappa shape index (κ3) is 3.63. The van der Waals surface area contributed by atoms with Crippen molar-refractivity contribution in [2.45, 2.75) is 18.4 Å². The van der Waals surface area contributed by atoms with Crippen molar-refractivity contribution < 1.29 is 10.0 Å². The Morgan fingerprint density at radius 2 is 1.95 bits per heavy atom. The van der Waals surface area contributed by atoms with Gasteiger partial charge in [0.2, 0.25) is 0 Å². The fraction of sp³-hybridized carbons (Fsp3) is 0.429. The summed E-state index contributed by atoms with van der Waals surface area (Å²) in [6, 6.07) is 8.78. The van der Waals surface area contributed by atoms with Crippen molar-refractivity contribution in [1.29, 1.82) is 0 Å². The number of amides is 2. The van der Waals surface area contributed by atoms with E-state index < -0.39 is 5.54 Å². The lowest BCUT2D eigenvalue weighted by Crippen LogP contribution is -2.62. The molecule has 7 nitrogen and oxygen atoms in total. The zero-order valence-electron chi connectivity index (χ0n) is 12.0. The number of carbonyl (C=O) groups excluding carboxylic acids is 1. The number of rotatable bonds is 3. The summed E-state index contributed by atoms with van der Waals surface area (Å²) in [7, 11) is 2.00. The van der Waals surface area contributed by atoms with Gasteiger partial charge in [0.05, 0.1) is 0 Å². The number of para-hydroxylation sites is 1. The van der Waals surface area contributed by atoms with E-state index in [9.17, 15) is 4.79 Å². The summed E-state index contributed by atoms with van der Waals surface area (Å²) < 4.78 is 0. The quantitative estimate of drug-likeness (QED) is 0.289. The molecular weight excluding hydrogens is 270 g/mol. The molecule has 7 heteroatoms. The van der Waals surface area contributed by atoms with Crippen molar-refractivity contribution in [3.05, 3.63) is 30.3 Å². The molecule has 114 valence electrons. The molecule has 0 unspecified atom stereocenters. The standard InChI is InChI=1S/C14H21N5O2/c1-19-9-7-14(8-10-19,12(15)18-21)17-13(20)16-11-5-3-2-4-6-11/h2-6,21H,7-10H2,1H3,(H2,15,18)(H2,16,17,20). The number of piperidine rings is 1. The van der Waals surface area contributed by atoms with Crippen LogP contribution in [0.5, 0.6) is 0 Å². The maximum Gasteiger partial charge on any atom is 0.320 e. The van der Waals surface area contributed by atoms with Gasteiger partial charge in [-0.3, -0.25) is 0 Å². The van der Waals surface area contributed by atoms with Crippen molar-refractivity contribution in [2.24, 2.45) is 10.9 Å². The Hall–Kier alpha value is -2.28. The molecule has 1 fully saturated rings. The topological polar surface area (TPSA) is 103 Å². The van der Waals surface area contributed by atoms with Crippen LogP contribution >= 0.6 is 0 Å². The second-order valence-corrected chi connectivity index (χ2v) is 5.32. The fourth-order valence-electron chi connectivity index (χ4n) is 2.44. The molecule has 0 bridgehead atoms. The van der Waals surface area contributed by atoms with Gasteiger partial charge in [-0.1, -0.05) is 23.4 Å². The molecule has 1 aromatic rings. The van der Waals surface area contributed by atoms with E-state index in [1.165, 1.54) is 0 Å². The zero-order chi connectivity index (χ0) is 15.3. The van der Waals surface area contributed by atoms with Gasteiger partial charge in [-0.15, -0.1) is 0 Å². The van der Waals surface area contributed by atoms with Crippen LogP contribution in [0.1, 0.15) is 12.8 Å². The summed E-state index contributed by atoms with van der Waals surface area (Å²) in [5, 5.41) is 17.7. The van der Waals surface area contributed by atoms with Crippen LogP contribution in [0.2, 0.25) is 0 Å². The number of nitrogens with one attached hydrogen (secondary N) is 2. The smallest absolute Gasteiger partial charge is 0.320 e. The first-order valence-corrected chi connectivity index (χ1v) is 6.86. The van der Waals surface area contributed by atoms with Crippen LogP contribution in [0.4, 0.5) is 10.5 Å². The molecule has 0 spiro atoms. The number of carbonyl (C=O) groups is 1. The van der Waals surface area contributed by atoms with Gasteiger partial charge < -0.3 is 26.5 Å². The number of nitrogens with zero attached hydrogens (tertiary/aromatic N) is 2. The second kappa shape index (κ2) is 6.45. The summed E-state index contributed by atoms with van der Waals surface area (Å²) in [6.45, 7) is 1.53. The maximum absolute atomic E-state index is 12.2. The van der Waals surface area contributed by atoms with Crippen molar-refractivity contribution in [3.8, 4) is 0 Å². The predicted octanol–water partition coefficient (Wildman–Crippen LogP) is 1.02. The van der Waals surface area contributed by atoms with E-state index in [-0.39, 0.29) is 11.9 Å². The zero-order valence-corrected chi connectivity index (χ0v) is 12.0. The van der Waals surface area contributed by atoms with Gasteiger partial charge in [0, 0.05) is 18.8 Å². The number of urea groups is 1. The molecule has 0 atom stereocenters. The van der Waals surface area contributed by atoms with Gasteiger partial charge in [-0.25, -0.2) is 4.79 Å². The number of amidine groups is 1. The fourth-order valence-corrected chi connectivity index (χ4v) is 2.44. The molecular formula is C14H21N5O2. The van der Waals surface area contributed by atoms with Gasteiger partial charge in [0.15, 0.2) is 5.84 Å². The largest absolute Gasteiger partial charge is 0.409 e. The lowest BCUT2D eigenvalue weighted by Gasteiger charge is -2.40. The number of nitrogens with two attached hydrogens (primary N) is 1. The molecule has 1 aliphatic rings. The van der Waals surface area contributed by atoms with Crippen LogP contribution in [-0.2, 0) is 0 Å². The third-order valence-electron chi connectivity index (χ3n) is 3.82. The molecule has 1 heterocycles. The first-order chi connectivity index (χ1) is 10.1. The Bertz CT molecular complexity index is 509. The average Bonchev–Trinajstić information content (AvgIpc) is 2.50. The minimum atomic E-state index is -0.805. The van der Waals surface area contributed by atoms with Crippen LogP contribution in [0.15, 0.2) is 35.5 Å². The summed E-state index contributed by atoms with van der Waals surface area (Å²) in [5.74, 6) is 0.0406.